The van der Waals surface area contributed by atoms with Crippen molar-refractivity contribution in [1.82, 2.24) is 4.98 Å². The van der Waals surface area contributed by atoms with Crippen molar-refractivity contribution < 1.29 is 19.7 Å². The van der Waals surface area contributed by atoms with Gasteiger partial charge < -0.3 is 20.3 Å². The van der Waals surface area contributed by atoms with Crippen LogP contribution in [0.4, 0.5) is 5.69 Å². The van der Waals surface area contributed by atoms with E-state index in [-0.39, 0.29) is 12.2 Å². The smallest absolute Gasteiger partial charge is 0.337 e. The van der Waals surface area contributed by atoms with Gasteiger partial charge in [-0.1, -0.05) is 0 Å². The van der Waals surface area contributed by atoms with Gasteiger partial charge in [-0.15, -0.1) is 0 Å². The summed E-state index contributed by atoms with van der Waals surface area (Å²) in [7, 11) is 0. The van der Waals surface area contributed by atoms with Gasteiger partial charge in [-0.3, -0.25) is 4.98 Å². The molecule has 0 aliphatic carbocycles. The van der Waals surface area contributed by atoms with Crippen molar-refractivity contribution in [3.63, 3.8) is 0 Å². The number of aromatic nitrogens is 1. The normalized spacial score (nSPS) is 18.3. The summed E-state index contributed by atoms with van der Waals surface area (Å²) in [5, 5.41) is 21.8. The Morgan fingerprint density at radius 1 is 1.50 bits per heavy atom. The molecule has 1 fully saturated rings. The number of nitrogens with one attached hydrogen (secondary N) is 1. The van der Waals surface area contributed by atoms with Crippen molar-refractivity contribution in [2.45, 2.75) is 18.4 Å². The van der Waals surface area contributed by atoms with Crippen LogP contribution in [-0.4, -0.2) is 46.5 Å². The van der Waals surface area contributed by atoms with E-state index in [9.17, 15) is 9.90 Å². The van der Waals surface area contributed by atoms with E-state index >= 15 is 0 Å². The van der Waals surface area contributed by atoms with Crippen molar-refractivity contribution in [3.8, 4) is 0 Å². The van der Waals surface area contributed by atoms with Gasteiger partial charge in [0.25, 0.3) is 0 Å². The predicted molar refractivity (Wildman–Crippen MR) is 64.7 cm³/mol. The highest BCUT2D eigenvalue weighted by Gasteiger charge is 2.32. The maximum Gasteiger partial charge on any atom is 0.337 e. The van der Waals surface area contributed by atoms with Crippen LogP contribution in [0.5, 0.6) is 0 Å². The summed E-state index contributed by atoms with van der Waals surface area (Å²) in [5.74, 6) is -1.01. The highest BCUT2D eigenvalue weighted by Crippen LogP contribution is 2.27. The van der Waals surface area contributed by atoms with Crippen LogP contribution in [0.1, 0.15) is 23.2 Å². The third-order valence-electron chi connectivity index (χ3n) is 3.20. The molecule has 0 unspecified atom stereocenters. The lowest BCUT2D eigenvalue weighted by atomic mass is 9.90. The molecule has 0 bridgehead atoms. The SMILES string of the molecule is O=C(O)c1ccncc1NC1(CO)CCOCC1. The van der Waals surface area contributed by atoms with Crippen LogP contribution < -0.4 is 5.32 Å². The molecule has 0 saturated carbocycles. The Balaban J connectivity index is 2.24. The molecule has 0 aromatic carbocycles. The first-order valence-corrected chi connectivity index (χ1v) is 5.81. The maximum atomic E-state index is 11.1. The molecule has 1 saturated heterocycles. The first kappa shape index (κ1) is 12.8. The molecule has 2 heterocycles. The van der Waals surface area contributed by atoms with Crippen LogP contribution >= 0.6 is 0 Å². The molecular weight excluding hydrogens is 236 g/mol. The number of carboxylic acid groups (broad SMARTS) is 1. The van der Waals surface area contributed by atoms with E-state index in [0.29, 0.717) is 31.7 Å². The van der Waals surface area contributed by atoms with Crippen LogP contribution in [0.3, 0.4) is 0 Å². The highest BCUT2D eigenvalue weighted by molar-refractivity contribution is 5.94. The molecule has 1 aromatic heterocycles. The Morgan fingerprint density at radius 2 is 2.22 bits per heavy atom. The lowest BCUT2D eigenvalue weighted by molar-refractivity contribution is 0.0379. The third kappa shape index (κ3) is 2.60. The number of aliphatic hydroxyl groups excluding tert-OH is 1. The van der Waals surface area contributed by atoms with E-state index in [4.69, 9.17) is 9.84 Å². The lowest BCUT2D eigenvalue weighted by Gasteiger charge is -2.37. The van der Waals surface area contributed by atoms with Gasteiger partial charge in [-0.25, -0.2) is 4.79 Å². The van der Waals surface area contributed by atoms with Gasteiger partial charge in [-0.2, -0.15) is 0 Å². The van der Waals surface area contributed by atoms with Crippen molar-refractivity contribution in [3.05, 3.63) is 24.0 Å². The minimum absolute atomic E-state index is 0.0652. The second-order valence-corrected chi connectivity index (χ2v) is 4.40. The van der Waals surface area contributed by atoms with E-state index in [1.807, 2.05) is 0 Å². The van der Waals surface area contributed by atoms with Crippen molar-refractivity contribution in [1.29, 1.82) is 0 Å². The van der Waals surface area contributed by atoms with E-state index < -0.39 is 11.5 Å². The molecule has 0 radical (unpaired) electrons. The number of pyridine rings is 1. The number of rotatable bonds is 4. The molecule has 1 aliphatic rings. The van der Waals surface area contributed by atoms with Gasteiger partial charge in [0.15, 0.2) is 0 Å². The van der Waals surface area contributed by atoms with Gasteiger partial charge in [0.2, 0.25) is 0 Å². The summed E-state index contributed by atoms with van der Waals surface area (Å²) in [6.07, 6.45) is 4.18. The first-order chi connectivity index (χ1) is 8.67. The summed E-state index contributed by atoms with van der Waals surface area (Å²) >= 11 is 0. The highest BCUT2D eigenvalue weighted by atomic mass is 16.5. The Kier molecular flexibility index (Phi) is 3.78. The Bertz CT molecular complexity index is 430. The van der Waals surface area contributed by atoms with E-state index in [1.54, 1.807) is 0 Å². The molecule has 1 aromatic rings. The van der Waals surface area contributed by atoms with Crippen molar-refractivity contribution >= 4 is 11.7 Å². The average molecular weight is 252 g/mol. The molecule has 1 aliphatic heterocycles. The predicted octanol–water partition coefficient (Wildman–Crippen LogP) is 0.733. The first-order valence-electron chi connectivity index (χ1n) is 5.81. The fraction of sp³-hybridized carbons (Fsp3) is 0.500. The molecule has 18 heavy (non-hydrogen) atoms. The van der Waals surface area contributed by atoms with Gasteiger partial charge >= 0.3 is 5.97 Å². The van der Waals surface area contributed by atoms with Crippen LogP contribution in [0.15, 0.2) is 18.5 Å². The summed E-state index contributed by atoms with van der Waals surface area (Å²) in [6.45, 7) is 1.04. The summed E-state index contributed by atoms with van der Waals surface area (Å²) in [4.78, 5) is 15.0. The summed E-state index contributed by atoms with van der Waals surface area (Å²) < 4.78 is 5.26. The third-order valence-corrected chi connectivity index (χ3v) is 3.20. The minimum atomic E-state index is -1.01. The van der Waals surface area contributed by atoms with Crippen LogP contribution in [-0.2, 0) is 4.74 Å². The number of hydrogen-bond donors (Lipinski definition) is 3. The second kappa shape index (κ2) is 5.32. The number of aromatic carboxylic acids is 1. The van der Waals surface area contributed by atoms with E-state index in [2.05, 4.69) is 10.3 Å². The van der Waals surface area contributed by atoms with E-state index in [0.717, 1.165) is 0 Å². The molecule has 6 nitrogen and oxygen atoms in total. The Hall–Kier alpha value is -1.66. The number of hydrogen-bond acceptors (Lipinski definition) is 5. The van der Waals surface area contributed by atoms with Crippen LogP contribution in [0.2, 0.25) is 0 Å². The molecule has 98 valence electrons. The standard InChI is InChI=1S/C12H16N2O4/c15-8-12(2-5-18-6-3-12)14-10-7-13-4-1-9(10)11(16)17/h1,4,7,14-15H,2-3,5-6,8H2,(H,16,17). The van der Waals surface area contributed by atoms with Gasteiger partial charge in [0.05, 0.1) is 29.6 Å². The molecule has 0 atom stereocenters. The van der Waals surface area contributed by atoms with Gasteiger partial charge in [0.1, 0.15) is 0 Å². The number of carbonyl (C=O) groups is 1. The van der Waals surface area contributed by atoms with Gasteiger partial charge in [-0.05, 0) is 18.9 Å². The molecule has 3 N–H and O–H groups in total. The topological polar surface area (TPSA) is 91.7 Å². The number of anilines is 1. The minimum Gasteiger partial charge on any atom is -0.478 e. The maximum absolute atomic E-state index is 11.1. The number of carboxylic acids is 1. The monoisotopic (exact) mass is 252 g/mol. The zero-order valence-corrected chi connectivity index (χ0v) is 9.93. The second-order valence-electron chi connectivity index (χ2n) is 4.40. The average Bonchev–Trinajstić information content (AvgIpc) is 2.40. The number of aliphatic hydroxyl groups is 1. The molecule has 0 spiro atoms. The Labute approximate surface area is 105 Å². The fourth-order valence-corrected chi connectivity index (χ4v) is 2.05. The number of ether oxygens (including phenoxy) is 1. The van der Waals surface area contributed by atoms with Crippen molar-refractivity contribution in [2.75, 3.05) is 25.1 Å². The van der Waals surface area contributed by atoms with E-state index in [1.165, 1.54) is 18.5 Å². The zero-order chi connectivity index (χ0) is 13.0. The molecule has 6 heteroatoms. The fourth-order valence-electron chi connectivity index (χ4n) is 2.05. The summed E-state index contributed by atoms with van der Waals surface area (Å²) in [6, 6.07) is 1.44. The summed E-state index contributed by atoms with van der Waals surface area (Å²) in [5.41, 5.74) is 0.0659. The van der Waals surface area contributed by atoms with Crippen LogP contribution in [0, 0.1) is 0 Å². The largest absolute Gasteiger partial charge is 0.478 e. The zero-order valence-electron chi connectivity index (χ0n) is 9.93. The molecule has 2 rings (SSSR count). The molecular formula is C12H16N2O4. The van der Waals surface area contributed by atoms with Gasteiger partial charge in [0, 0.05) is 19.4 Å². The quantitative estimate of drug-likeness (QED) is 0.731. The van der Waals surface area contributed by atoms with Crippen molar-refractivity contribution in [2.24, 2.45) is 0 Å². The molecule has 0 amide bonds. The Morgan fingerprint density at radius 3 is 2.83 bits per heavy atom. The van der Waals surface area contributed by atoms with Crippen LogP contribution in [0.25, 0.3) is 0 Å². The number of nitrogens with zero attached hydrogens (tertiary/aromatic N) is 1. The lowest BCUT2D eigenvalue weighted by Crippen LogP contribution is -2.47.